The zero-order chi connectivity index (χ0) is 25.2. The number of rotatable bonds is 1. The van der Waals surface area contributed by atoms with Gasteiger partial charge < -0.3 is 9.05 Å². The van der Waals surface area contributed by atoms with Crippen LogP contribution in [0.5, 0.6) is 0 Å². The van der Waals surface area contributed by atoms with Crippen molar-refractivity contribution in [1.29, 1.82) is 0 Å². The van der Waals surface area contributed by atoms with Crippen LogP contribution in [0.1, 0.15) is 0 Å². The molecule has 2 aromatic heterocycles. The Morgan fingerprint density at radius 3 is 1.92 bits per heavy atom. The van der Waals surface area contributed by atoms with Crippen LogP contribution in [0.25, 0.3) is 71.6 Å². The Morgan fingerprint density at radius 2 is 1.08 bits per heavy atom. The van der Waals surface area contributed by atoms with Gasteiger partial charge in [0.1, 0.15) is 0 Å². The first kappa shape index (κ1) is 20.0. The van der Waals surface area contributed by atoms with Gasteiger partial charge in [-0.2, -0.15) is 0 Å². The second kappa shape index (κ2) is 6.89. The molecule has 0 fully saturated rings. The van der Waals surface area contributed by atoms with E-state index < -0.39 is 0 Å². The first-order valence-electron chi connectivity index (χ1n) is 13.7. The van der Waals surface area contributed by atoms with E-state index >= 15 is 0 Å². The maximum absolute atomic E-state index is 2.62. The van der Waals surface area contributed by atoms with Crippen LogP contribution in [-0.4, -0.2) is 15.9 Å². The summed E-state index contributed by atoms with van der Waals surface area (Å²) < 4.78 is 5.06. The standard InChI is InChI=1S/C36H21BN2/c1-2-10-22(11-3-1)38-32-18-6-4-13-24(32)30-20-29-26-15-8-14-25-28-17-9-16-27-23-12-5-7-19-33(23)39(36(27)28)37(35(25)26)31(29)21-34(30)38/h1-21H. The summed E-state index contributed by atoms with van der Waals surface area (Å²) in [6.45, 7) is 0.148. The molecule has 178 valence electrons. The van der Waals surface area contributed by atoms with Crippen LogP contribution in [0.4, 0.5) is 0 Å². The van der Waals surface area contributed by atoms with Gasteiger partial charge in [-0.15, -0.1) is 0 Å². The van der Waals surface area contributed by atoms with Gasteiger partial charge in [-0.05, 0) is 64.0 Å². The van der Waals surface area contributed by atoms with Crippen molar-refractivity contribution in [2.45, 2.75) is 0 Å². The zero-order valence-corrected chi connectivity index (χ0v) is 21.1. The van der Waals surface area contributed by atoms with Gasteiger partial charge in [-0.25, -0.2) is 0 Å². The van der Waals surface area contributed by atoms with E-state index in [1.165, 1.54) is 82.5 Å². The molecule has 0 bridgehead atoms. The highest BCUT2D eigenvalue weighted by molar-refractivity contribution is 6.91. The maximum atomic E-state index is 2.62. The Bertz CT molecular complexity index is 2340. The normalized spacial score (nSPS) is 13.1. The van der Waals surface area contributed by atoms with Gasteiger partial charge >= 0.3 is 6.85 Å². The molecular weight excluding hydrogens is 471 g/mol. The van der Waals surface area contributed by atoms with Crippen LogP contribution in [0.15, 0.2) is 127 Å². The molecule has 0 spiro atoms. The highest BCUT2D eigenvalue weighted by Crippen LogP contribution is 2.43. The van der Waals surface area contributed by atoms with Crippen molar-refractivity contribution in [2.24, 2.45) is 0 Å². The third-order valence-electron chi connectivity index (χ3n) is 9.10. The van der Waals surface area contributed by atoms with Gasteiger partial charge in [0.2, 0.25) is 0 Å². The van der Waals surface area contributed by atoms with Crippen LogP contribution >= 0.6 is 0 Å². The summed E-state index contributed by atoms with van der Waals surface area (Å²) in [6.07, 6.45) is 0. The molecular formula is C36H21BN2. The van der Waals surface area contributed by atoms with Crippen molar-refractivity contribution in [1.82, 2.24) is 9.05 Å². The minimum Gasteiger partial charge on any atom is -0.375 e. The van der Waals surface area contributed by atoms with Crippen molar-refractivity contribution in [3.8, 4) is 27.9 Å². The highest BCUT2D eigenvalue weighted by atomic mass is 15.0. The summed E-state index contributed by atoms with van der Waals surface area (Å²) in [5.74, 6) is 0. The molecule has 4 heterocycles. The second-order valence-corrected chi connectivity index (χ2v) is 10.9. The lowest BCUT2D eigenvalue weighted by molar-refractivity contribution is 1.18. The van der Waals surface area contributed by atoms with Crippen LogP contribution in [0.2, 0.25) is 0 Å². The summed E-state index contributed by atoms with van der Waals surface area (Å²) >= 11 is 0. The molecule has 0 saturated heterocycles. The van der Waals surface area contributed by atoms with Crippen LogP contribution < -0.4 is 10.9 Å². The van der Waals surface area contributed by atoms with Crippen LogP contribution in [0, 0.1) is 0 Å². The van der Waals surface area contributed by atoms with E-state index in [9.17, 15) is 0 Å². The molecule has 39 heavy (non-hydrogen) atoms. The van der Waals surface area contributed by atoms with Crippen LogP contribution in [-0.2, 0) is 0 Å². The quantitative estimate of drug-likeness (QED) is 0.210. The molecule has 3 heteroatoms. The number of benzene rings is 6. The molecule has 10 rings (SSSR count). The van der Waals surface area contributed by atoms with E-state index in [2.05, 4.69) is 136 Å². The molecule has 6 aromatic carbocycles. The molecule has 2 aliphatic rings. The average Bonchev–Trinajstić information content (AvgIpc) is 3.62. The lowest BCUT2D eigenvalue weighted by Crippen LogP contribution is -2.47. The number of nitrogens with zero attached hydrogens (tertiary/aromatic N) is 2. The summed E-state index contributed by atoms with van der Waals surface area (Å²) in [6, 6.07) is 47.2. The predicted octanol–water partition coefficient (Wildman–Crippen LogP) is 7.51. The monoisotopic (exact) mass is 492 g/mol. The first-order valence-corrected chi connectivity index (χ1v) is 13.7. The van der Waals surface area contributed by atoms with Crippen molar-refractivity contribution in [3.05, 3.63) is 127 Å². The molecule has 2 nitrogen and oxygen atoms in total. The number of hydrogen-bond acceptors (Lipinski definition) is 0. The lowest BCUT2D eigenvalue weighted by atomic mass is 9.50. The van der Waals surface area contributed by atoms with Crippen molar-refractivity contribution in [2.75, 3.05) is 0 Å². The Morgan fingerprint density at radius 1 is 0.436 bits per heavy atom. The smallest absolute Gasteiger partial charge is 0.330 e. The molecule has 0 atom stereocenters. The Hall–Kier alpha value is -5.02. The van der Waals surface area contributed by atoms with Gasteiger partial charge in [0.05, 0.1) is 11.0 Å². The molecule has 0 unspecified atom stereocenters. The van der Waals surface area contributed by atoms with E-state index in [-0.39, 0.29) is 6.85 Å². The molecule has 0 N–H and O–H groups in total. The fourth-order valence-electron chi connectivity index (χ4n) is 7.64. The maximum Gasteiger partial charge on any atom is 0.330 e. The van der Waals surface area contributed by atoms with Gasteiger partial charge in [-0.3, -0.25) is 0 Å². The molecule has 0 amide bonds. The third kappa shape index (κ3) is 2.31. The number of para-hydroxylation sites is 4. The van der Waals surface area contributed by atoms with Gasteiger partial charge in [0.25, 0.3) is 0 Å². The SMILES string of the molecule is c1ccc(-n2c3ccccc3c3cc4c(cc32)B2c3c-4cccc3-c3cccc4c5ccccc5n2c34)cc1. The van der Waals surface area contributed by atoms with Gasteiger partial charge in [0, 0.05) is 43.8 Å². The van der Waals surface area contributed by atoms with Crippen molar-refractivity contribution >= 4 is 61.4 Å². The fraction of sp³-hybridized carbons (Fsp3) is 0. The Labute approximate surface area is 225 Å². The number of aromatic nitrogens is 2. The van der Waals surface area contributed by atoms with Crippen molar-refractivity contribution < 1.29 is 0 Å². The topological polar surface area (TPSA) is 9.86 Å². The van der Waals surface area contributed by atoms with Gasteiger partial charge in [-0.1, -0.05) is 91.0 Å². The Kier molecular flexibility index (Phi) is 3.54. The van der Waals surface area contributed by atoms with Crippen LogP contribution in [0.3, 0.4) is 0 Å². The van der Waals surface area contributed by atoms with E-state index in [4.69, 9.17) is 0 Å². The largest absolute Gasteiger partial charge is 0.375 e. The highest BCUT2D eigenvalue weighted by Gasteiger charge is 2.42. The molecule has 8 aromatic rings. The predicted molar refractivity (Wildman–Crippen MR) is 165 cm³/mol. The summed E-state index contributed by atoms with van der Waals surface area (Å²) in [5.41, 5.74) is 14.6. The van der Waals surface area contributed by atoms with E-state index in [0.29, 0.717) is 0 Å². The minimum atomic E-state index is 0.148. The molecule has 0 aliphatic carbocycles. The average molecular weight is 492 g/mol. The number of hydrogen-bond donors (Lipinski definition) is 0. The summed E-state index contributed by atoms with van der Waals surface area (Å²) in [7, 11) is 0. The minimum absolute atomic E-state index is 0.148. The molecule has 2 aliphatic heterocycles. The third-order valence-corrected chi connectivity index (χ3v) is 9.10. The zero-order valence-electron chi connectivity index (χ0n) is 21.1. The second-order valence-electron chi connectivity index (χ2n) is 10.9. The van der Waals surface area contributed by atoms with E-state index in [0.717, 1.165) is 0 Å². The number of fused-ring (bicyclic) bond motifs is 11. The lowest BCUT2D eigenvalue weighted by Gasteiger charge is -2.25. The first-order chi connectivity index (χ1) is 19.4. The van der Waals surface area contributed by atoms with E-state index in [1.54, 1.807) is 0 Å². The van der Waals surface area contributed by atoms with Crippen molar-refractivity contribution in [3.63, 3.8) is 0 Å². The molecule has 0 saturated carbocycles. The Balaban J connectivity index is 1.40. The fourth-order valence-corrected chi connectivity index (χ4v) is 7.64. The summed E-state index contributed by atoms with van der Waals surface area (Å²) in [5, 5.41) is 5.28. The molecule has 0 radical (unpaired) electrons. The van der Waals surface area contributed by atoms with E-state index in [1.807, 2.05) is 0 Å². The summed E-state index contributed by atoms with van der Waals surface area (Å²) in [4.78, 5) is 0. The van der Waals surface area contributed by atoms with Gasteiger partial charge in [0.15, 0.2) is 0 Å².